The standard InChI is InChI=1S/C10H19NO/c1-6-8(9(12)11-5)7-10(2,3)4/h6H,7H2,1-5H3,(H,11,12). The summed E-state index contributed by atoms with van der Waals surface area (Å²) >= 11 is 0. The van der Waals surface area contributed by atoms with Crippen molar-refractivity contribution >= 4 is 5.91 Å². The number of nitrogens with one attached hydrogen (secondary N) is 1. The molecular formula is C10H19NO. The summed E-state index contributed by atoms with van der Waals surface area (Å²) in [5.74, 6) is 0.0347. The molecule has 0 aliphatic heterocycles. The van der Waals surface area contributed by atoms with E-state index in [1.54, 1.807) is 7.05 Å². The second-order valence-corrected chi connectivity index (χ2v) is 4.13. The van der Waals surface area contributed by atoms with Crippen LogP contribution in [0, 0.1) is 5.41 Å². The van der Waals surface area contributed by atoms with Gasteiger partial charge < -0.3 is 5.32 Å². The molecule has 0 aliphatic carbocycles. The fourth-order valence-corrected chi connectivity index (χ4v) is 1.05. The molecule has 0 fully saturated rings. The number of rotatable bonds is 2. The van der Waals surface area contributed by atoms with Gasteiger partial charge in [0.25, 0.3) is 0 Å². The molecule has 0 aromatic heterocycles. The van der Waals surface area contributed by atoms with Crippen LogP contribution in [0.5, 0.6) is 0 Å². The van der Waals surface area contributed by atoms with Gasteiger partial charge in [-0.3, -0.25) is 4.79 Å². The van der Waals surface area contributed by atoms with Gasteiger partial charge in [0.1, 0.15) is 0 Å². The Morgan fingerprint density at radius 1 is 1.42 bits per heavy atom. The van der Waals surface area contributed by atoms with Crippen LogP contribution in [0.15, 0.2) is 11.6 Å². The number of allylic oxidation sites excluding steroid dienone is 1. The van der Waals surface area contributed by atoms with Crippen molar-refractivity contribution in [2.45, 2.75) is 34.1 Å². The molecule has 0 heterocycles. The molecule has 12 heavy (non-hydrogen) atoms. The molecule has 0 aromatic carbocycles. The molecular weight excluding hydrogens is 150 g/mol. The Labute approximate surface area is 75.0 Å². The molecule has 0 bridgehead atoms. The van der Waals surface area contributed by atoms with Gasteiger partial charge in [0.05, 0.1) is 0 Å². The first kappa shape index (κ1) is 11.2. The third kappa shape index (κ3) is 4.16. The predicted octanol–water partition coefficient (Wildman–Crippen LogP) is 2.11. The summed E-state index contributed by atoms with van der Waals surface area (Å²) in [5.41, 5.74) is 1.04. The molecule has 0 unspecified atom stereocenters. The minimum absolute atomic E-state index is 0.0347. The Kier molecular flexibility index (Phi) is 4.01. The molecule has 0 spiro atoms. The monoisotopic (exact) mass is 169 g/mol. The Bertz CT molecular complexity index is 187. The molecule has 0 aromatic rings. The Hall–Kier alpha value is -0.790. The maximum atomic E-state index is 11.2. The fourth-order valence-electron chi connectivity index (χ4n) is 1.05. The minimum atomic E-state index is 0.0347. The topological polar surface area (TPSA) is 29.1 Å². The van der Waals surface area contributed by atoms with Gasteiger partial charge in [-0.1, -0.05) is 26.8 Å². The molecule has 2 heteroatoms. The second-order valence-electron chi connectivity index (χ2n) is 4.13. The van der Waals surface area contributed by atoms with Gasteiger partial charge in [-0.15, -0.1) is 0 Å². The van der Waals surface area contributed by atoms with Gasteiger partial charge in [0, 0.05) is 12.6 Å². The highest BCUT2D eigenvalue weighted by Gasteiger charge is 2.16. The van der Waals surface area contributed by atoms with Crippen molar-refractivity contribution in [1.29, 1.82) is 0 Å². The zero-order valence-corrected chi connectivity index (χ0v) is 8.69. The van der Waals surface area contributed by atoms with E-state index in [1.165, 1.54) is 0 Å². The van der Waals surface area contributed by atoms with Crippen LogP contribution in [0.3, 0.4) is 0 Å². The number of amides is 1. The van der Waals surface area contributed by atoms with Crippen LogP contribution in [0.2, 0.25) is 0 Å². The van der Waals surface area contributed by atoms with E-state index in [2.05, 4.69) is 26.1 Å². The molecule has 0 rings (SSSR count). The van der Waals surface area contributed by atoms with E-state index >= 15 is 0 Å². The van der Waals surface area contributed by atoms with E-state index in [1.807, 2.05) is 13.0 Å². The number of hydrogen-bond acceptors (Lipinski definition) is 1. The van der Waals surface area contributed by atoms with Crippen molar-refractivity contribution < 1.29 is 4.79 Å². The molecule has 2 nitrogen and oxygen atoms in total. The largest absolute Gasteiger partial charge is 0.355 e. The quantitative estimate of drug-likeness (QED) is 0.630. The first-order valence-corrected chi connectivity index (χ1v) is 4.28. The number of likely N-dealkylation sites (N-methyl/N-ethyl adjacent to an activating group) is 1. The first-order valence-electron chi connectivity index (χ1n) is 4.28. The van der Waals surface area contributed by atoms with Crippen LogP contribution in [-0.2, 0) is 4.79 Å². The molecule has 1 N–H and O–H groups in total. The van der Waals surface area contributed by atoms with Crippen molar-refractivity contribution in [3.05, 3.63) is 11.6 Å². The van der Waals surface area contributed by atoms with E-state index < -0.39 is 0 Å². The summed E-state index contributed by atoms with van der Waals surface area (Å²) in [6.07, 6.45) is 2.70. The van der Waals surface area contributed by atoms with Crippen molar-refractivity contribution in [2.75, 3.05) is 7.05 Å². The lowest BCUT2D eigenvalue weighted by molar-refractivity contribution is -0.117. The summed E-state index contributed by atoms with van der Waals surface area (Å²) in [6.45, 7) is 8.27. The van der Waals surface area contributed by atoms with Gasteiger partial charge in [0.15, 0.2) is 0 Å². The lowest BCUT2D eigenvalue weighted by Crippen LogP contribution is -2.22. The van der Waals surface area contributed by atoms with Gasteiger partial charge in [-0.05, 0) is 18.8 Å². The summed E-state index contributed by atoms with van der Waals surface area (Å²) in [5, 5.41) is 2.63. The summed E-state index contributed by atoms with van der Waals surface area (Å²) in [4.78, 5) is 11.2. The second kappa shape index (κ2) is 4.29. The smallest absolute Gasteiger partial charge is 0.246 e. The average Bonchev–Trinajstić information content (AvgIpc) is 1.97. The van der Waals surface area contributed by atoms with Crippen LogP contribution >= 0.6 is 0 Å². The van der Waals surface area contributed by atoms with Gasteiger partial charge in [0.2, 0.25) is 5.91 Å². The van der Waals surface area contributed by atoms with Crippen LogP contribution in [0.4, 0.5) is 0 Å². The van der Waals surface area contributed by atoms with Crippen LogP contribution in [0.25, 0.3) is 0 Å². The van der Waals surface area contributed by atoms with E-state index in [4.69, 9.17) is 0 Å². The van der Waals surface area contributed by atoms with E-state index in [0.29, 0.717) is 0 Å². The zero-order chi connectivity index (χ0) is 9.78. The number of carbonyl (C=O) groups excluding carboxylic acids is 1. The molecule has 0 aliphatic rings. The van der Waals surface area contributed by atoms with Crippen molar-refractivity contribution in [3.63, 3.8) is 0 Å². The van der Waals surface area contributed by atoms with Gasteiger partial charge >= 0.3 is 0 Å². The third-order valence-corrected chi connectivity index (χ3v) is 1.59. The molecule has 0 saturated heterocycles. The summed E-state index contributed by atoms with van der Waals surface area (Å²) in [6, 6.07) is 0. The average molecular weight is 169 g/mol. The highest BCUT2D eigenvalue weighted by Crippen LogP contribution is 2.23. The summed E-state index contributed by atoms with van der Waals surface area (Å²) < 4.78 is 0. The molecule has 0 saturated carbocycles. The Morgan fingerprint density at radius 3 is 2.17 bits per heavy atom. The predicted molar refractivity (Wildman–Crippen MR) is 51.9 cm³/mol. The Balaban J connectivity index is 4.31. The van der Waals surface area contributed by atoms with Crippen molar-refractivity contribution in [1.82, 2.24) is 5.32 Å². The van der Waals surface area contributed by atoms with E-state index in [9.17, 15) is 4.79 Å². The lowest BCUT2D eigenvalue weighted by atomic mass is 9.87. The Morgan fingerprint density at radius 2 is 1.92 bits per heavy atom. The lowest BCUT2D eigenvalue weighted by Gasteiger charge is -2.19. The highest BCUT2D eigenvalue weighted by atomic mass is 16.1. The molecule has 0 atom stereocenters. The van der Waals surface area contributed by atoms with Crippen LogP contribution < -0.4 is 5.32 Å². The SMILES string of the molecule is CC=C(CC(C)(C)C)C(=O)NC. The summed E-state index contributed by atoms with van der Waals surface area (Å²) in [7, 11) is 1.66. The molecule has 70 valence electrons. The molecule has 0 radical (unpaired) electrons. The normalized spacial score (nSPS) is 12.9. The zero-order valence-electron chi connectivity index (χ0n) is 8.69. The minimum Gasteiger partial charge on any atom is -0.355 e. The van der Waals surface area contributed by atoms with Crippen LogP contribution in [-0.4, -0.2) is 13.0 Å². The van der Waals surface area contributed by atoms with Gasteiger partial charge in [-0.2, -0.15) is 0 Å². The maximum absolute atomic E-state index is 11.2. The number of carbonyl (C=O) groups is 1. The highest BCUT2D eigenvalue weighted by molar-refractivity contribution is 5.93. The third-order valence-electron chi connectivity index (χ3n) is 1.59. The van der Waals surface area contributed by atoms with E-state index in [-0.39, 0.29) is 11.3 Å². The van der Waals surface area contributed by atoms with Crippen LogP contribution in [0.1, 0.15) is 34.1 Å². The number of hydrogen-bond donors (Lipinski definition) is 1. The fraction of sp³-hybridized carbons (Fsp3) is 0.700. The molecule has 1 amide bonds. The maximum Gasteiger partial charge on any atom is 0.246 e. The van der Waals surface area contributed by atoms with Crippen molar-refractivity contribution in [3.8, 4) is 0 Å². The van der Waals surface area contributed by atoms with Gasteiger partial charge in [-0.25, -0.2) is 0 Å². The van der Waals surface area contributed by atoms with Crippen molar-refractivity contribution in [2.24, 2.45) is 5.41 Å². The first-order chi connectivity index (χ1) is 5.40. The van der Waals surface area contributed by atoms with E-state index in [0.717, 1.165) is 12.0 Å².